The smallest absolute Gasteiger partial charge is 0.118 e. The lowest BCUT2D eigenvalue weighted by Gasteiger charge is -2.18. The van der Waals surface area contributed by atoms with Crippen molar-refractivity contribution >= 4 is 0 Å². The largest absolute Gasteiger partial charge is 0.497 e. The number of methoxy groups -OCH3 is 1. The van der Waals surface area contributed by atoms with E-state index in [-0.39, 0.29) is 12.1 Å². The highest BCUT2D eigenvalue weighted by atomic mass is 16.5. The van der Waals surface area contributed by atoms with Crippen molar-refractivity contribution in [3.05, 3.63) is 29.8 Å². The Kier molecular flexibility index (Phi) is 5.25. The maximum atomic E-state index is 5.53. The molecule has 0 saturated carbocycles. The third-order valence-electron chi connectivity index (χ3n) is 2.32. The summed E-state index contributed by atoms with van der Waals surface area (Å²) in [5.41, 5.74) is 3.83. The van der Waals surface area contributed by atoms with Crippen LogP contribution in [-0.2, 0) is 4.74 Å². The van der Waals surface area contributed by atoms with Crippen molar-refractivity contribution in [3.63, 3.8) is 0 Å². The van der Waals surface area contributed by atoms with E-state index in [1.807, 2.05) is 38.1 Å². The molecule has 4 nitrogen and oxygen atoms in total. The van der Waals surface area contributed by atoms with E-state index < -0.39 is 0 Å². The molecule has 0 bridgehead atoms. The Bertz CT molecular complexity index is 298. The number of hydrazine groups is 1. The van der Waals surface area contributed by atoms with Crippen LogP contribution >= 0.6 is 0 Å². The molecule has 1 aromatic carbocycles. The zero-order valence-corrected chi connectivity index (χ0v) is 10.1. The highest BCUT2D eigenvalue weighted by molar-refractivity contribution is 5.29. The van der Waals surface area contributed by atoms with Gasteiger partial charge in [0.1, 0.15) is 5.75 Å². The first-order valence-corrected chi connectivity index (χ1v) is 5.39. The molecule has 0 spiro atoms. The van der Waals surface area contributed by atoms with Crippen LogP contribution in [0.25, 0.3) is 0 Å². The number of hydrogen-bond acceptors (Lipinski definition) is 4. The fraction of sp³-hybridized carbons (Fsp3) is 0.500. The number of rotatable bonds is 6. The number of benzene rings is 1. The number of hydrogen-bond donors (Lipinski definition) is 2. The van der Waals surface area contributed by atoms with E-state index in [0.717, 1.165) is 11.3 Å². The number of ether oxygens (including phenoxy) is 2. The van der Waals surface area contributed by atoms with Gasteiger partial charge in [0.2, 0.25) is 0 Å². The summed E-state index contributed by atoms with van der Waals surface area (Å²) < 4.78 is 10.6. The Hall–Kier alpha value is -1.10. The summed E-state index contributed by atoms with van der Waals surface area (Å²) in [7, 11) is 1.65. The van der Waals surface area contributed by atoms with E-state index in [0.29, 0.717) is 6.61 Å². The van der Waals surface area contributed by atoms with Crippen LogP contribution in [0.1, 0.15) is 25.5 Å². The van der Waals surface area contributed by atoms with Crippen LogP contribution in [0.5, 0.6) is 5.75 Å². The third-order valence-corrected chi connectivity index (χ3v) is 2.32. The molecule has 16 heavy (non-hydrogen) atoms. The molecule has 1 aromatic rings. The van der Waals surface area contributed by atoms with Gasteiger partial charge in [-0.25, -0.2) is 0 Å². The van der Waals surface area contributed by atoms with Crippen LogP contribution in [0, 0.1) is 0 Å². The van der Waals surface area contributed by atoms with Crippen LogP contribution in [0.4, 0.5) is 0 Å². The van der Waals surface area contributed by atoms with E-state index in [2.05, 4.69) is 5.43 Å². The first kappa shape index (κ1) is 13.0. The molecule has 1 atom stereocenters. The van der Waals surface area contributed by atoms with Crippen molar-refractivity contribution in [3.8, 4) is 5.75 Å². The van der Waals surface area contributed by atoms with Crippen LogP contribution < -0.4 is 16.0 Å². The second-order valence-corrected chi connectivity index (χ2v) is 3.87. The van der Waals surface area contributed by atoms with Crippen molar-refractivity contribution in [1.82, 2.24) is 5.43 Å². The molecular formula is C12H20N2O2. The maximum absolute atomic E-state index is 5.53. The van der Waals surface area contributed by atoms with E-state index in [1.54, 1.807) is 7.11 Å². The summed E-state index contributed by atoms with van der Waals surface area (Å²) in [4.78, 5) is 0. The van der Waals surface area contributed by atoms with Crippen molar-refractivity contribution in [2.45, 2.75) is 26.0 Å². The third kappa shape index (κ3) is 3.81. The summed E-state index contributed by atoms with van der Waals surface area (Å²) >= 11 is 0. The molecule has 0 aliphatic carbocycles. The van der Waals surface area contributed by atoms with E-state index in [4.69, 9.17) is 15.3 Å². The molecule has 90 valence electrons. The fourth-order valence-corrected chi connectivity index (χ4v) is 1.37. The Balaban J connectivity index is 2.63. The SMILES string of the molecule is COc1ccc(C(COC(C)C)NN)cc1. The van der Waals surface area contributed by atoms with Gasteiger partial charge in [-0.2, -0.15) is 0 Å². The van der Waals surface area contributed by atoms with Gasteiger partial charge in [-0.3, -0.25) is 11.3 Å². The lowest BCUT2D eigenvalue weighted by Crippen LogP contribution is -2.32. The van der Waals surface area contributed by atoms with Gasteiger partial charge in [-0.05, 0) is 31.5 Å². The summed E-state index contributed by atoms with van der Waals surface area (Å²) in [6.07, 6.45) is 0.203. The molecule has 1 rings (SSSR count). The molecule has 0 aliphatic heterocycles. The lowest BCUT2D eigenvalue weighted by atomic mass is 10.1. The Morgan fingerprint density at radius 1 is 1.25 bits per heavy atom. The molecule has 1 unspecified atom stereocenters. The van der Waals surface area contributed by atoms with Gasteiger partial charge in [0.25, 0.3) is 0 Å². The number of nitrogens with two attached hydrogens (primary N) is 1. The quantitative estimate of drug-likeness (QED) is 0.569. The molecular weight excluding hydrogens is 204 g/mol. The molecule has 3 N–H and O–H groups in total. The Morgan fingerprint density at radius 3 is 2.31 bits per heavy atom. The predicted octanol–water partition coefficient (Wildman–Crippen LogP) is 1.62. The summed E-state index contributed by atoms with van der Waals surface area (Å²) in [6.45, 7) is 4.56. The minimum absolute atomic E-state index is 0.00769. The van der Waals surface area contributed by atoms with Gasteiger partial charge >= 0.3 is 0 Å². The summed E-state index contributed by atoms with van der Waals surface area (Å²) in [6, 6.07) is 7.79. The first-order chi connectivity index (χ1) is 7.67. The van der Waals surface area contributed by atoms with Gasteiger partial charge in [-0.1, -0.05) is 12.1 Å². The van der Waals surface area contributed by atoms with E-state index >= 15 is 0 Å². The average Bonchev–Trinajstić information content (AvgIpc) is 2.30. The molecule has 0 radical (unpaired) electrons. The van der Waals surface area contributed by atoms with Gasteiger partial charge in [0.15, 0.2) is 0 Å². The zero-order valence-electron chi connectivity index (χ0n) is 10.1. The molecule has 0 fully saturated rings. The van der Waals surface area contributed by atoms with E-state index in [9.17, 15) is 0 Å². The molecule has 4 heteroatoms. The Labute approximate surface area is 96.7 Å². The molecule has 0 heterocycles. The van der Waals surface area contributed by atoms with Crippen molar-refractivity contribution in [2.24, 2.45) is 5.84 Å². The van der Waals surface area contributed by atoms with Crippen LogP contribution in [0.3, 0.4) is 0 Å². The normalized spacial score (nSPS) is 12.8. The van der Waals surface area contributed by atoms with E-state index in [1.165, 1.54) is 0 Å². The standard InChI is InChI=1S/C12H20N2O2/c1-9(2)16-8-12(14-13)10-4-6-11(15-3)7-5-10/h4-7,9,12,14H,8,13H2,1-3H3. The predicted molar refractivity (Wildman–Crippen MR) is 64.1 cm³/mol. The average molecular weight is 224 g/mol. The summed E-state index contributed by atoms with van der Waals surface area (Å²) in [5.74, 6) is 6.34. The highest BCUT2D eigenvalue weighted by Gasteiger charge is 2.10. The van der Waals surface area contributed by atoms with Crippen molar-refractivity contribution in [1.29, 1.82) is 0 Å². The minimum atomic E-state index is 0.00769. The van der Waals surface area contributed by atoms with Crippen molar-refractivity contribution < 1.29 is 9.47 Å². The maximum Gasteiger partial charge on any atom is 0.118 e. The van der Waals surface area contributed by atoms with Gasteiger partial charge in [0.05, 0.1) is 25.9 Å². The lowest BCUT2D eigenvalue weighted by molar-refractivity contribution is 0.0611. The molecule has 0 aromatic heterocycles. The molecule has 0 amide bonds. The fourth-order valence-electron chi connectivity index (χ4n) is 1.37. The second-order valence-electron chi connectivity index (χ2n) is 3.87. The van der Waals surface area contributed by atoms with Gasteiger partial charge in [-0.15, -0.1) is 0 Å². The van der Waals surface area contributed by atoms with Crippen molar-refractivity contribution in [2.75, 3.05) is 13.7 Å². The zero-order chi connectivity index (χ0) is 12.0. The summed E-state index contributed by atoms with van der Waals surface area (Å²) in [5, 5.41) is 0. The molecule has 0 aliphatic rings. The minimum Gasteiger partial charge on any atom is -0.497 e. The topological polar surface area (TPSA) is 56.5 Å². The van der Waals surface area contributed by atoms with Crippen LogP contribution in [0.15, 0.2) is 24.3 Å². The van der Waals surface area contributed by atoms with Crippen LogP contribution in [0.2, 0.25) is 0 Å². The van der Waals surface area contributed by atoms with Gasteiger partial charge in [0, 0.05) is 0 Å². The van der Waals surface area contributed by atoms with Crippen LogP contribution in [-0.4, -0.2) is 19.8 Å². The number of nitrogens with one attached hydrogen (secondary N) is 1. The Morgan fingerprint density at radius 2 is 1.88 bits per heavy atom. The van der Waals surface area contributed by atoms with Gasteiger partial charge < -0.3 is 9.47 Å². The highest BCUT2D eigenvalue weighted by Crippen LogP contribution is 2.17. The second kappa shape index (κ2) is 6.48. The first-order valence-electron chi connectivity index (χ1n) is 5.39. The monoisotopic (exact) mass is 224 g/mol. The molecule has 0 saturated heterocycles.